The summed E-state index contributed by atoms with van der Waals surface area (Å²) in [6.07, 6.45) is 3.35. The van der Waals surface area contributed by atoms with E-state index < -0.39 is 15.6 Å². The lowest BCUT2D eigenvalue weighted by Gasteiger charge is -2.46. The van der Waals surface area contributed by atoms with Crippen LogP contribution in [-0.4, -0.2) is 61.8 Å². The zero-order chi connectivity index (χ0) is 27.1. The van der Waals surface area contributed by atoms with Gasteiger partial charge in [-0.25, -0.2) is 13.4 Å². The second-order valence-electron chi connectivity index (χ2n) is 9.80. The highest BCUT2D eigenvalue weighted by molar-refractivity contribution is 7.93. The highest BCUT2D eigenvalue weighted by atomic mass is 35.5. The van der Waals surface area contributed by atoms with E-state index in [4.69, 9.17) is 11.6 Å². The first-order valence-electron chi connectivity index (χ1n) is 12.2. The molecule has 0 atom stereocenters. The van der Waals surface area contributed by atoms with Crippen molar-refractivity contribution in [3.8, 4) is 0 Å². The molecule has 12 heteroatoms. The number of halogens is 1. The number of aromatic nitrogens is 1. The maximum Gasteiger partial charge on any atom is 0.263 e. The van der Waals surface area contributed by atoms with Crippen molar-refractivity contribution in [3.63, 3.8) is 0 Å². The van der Waals surface area contributed by atoms with E-state index >= 15 is 0 Å². The fourth-order valence-corrected chi connectivity index (χ4v) is 7.00. The van der Waals surface area contributed by atoms with Crippen molar-refractivity contribution in [1.82, 2.24) is 9.88 Å². The number of hydrogen-bond acceptors (Lipinski definition) is 7. The van der Waals surface area contributed by atoms with Crippen LogP contribution in [-0.2, 0) is 26.0 Å². The van der Waals surface area contributed by atoms with Gasteiger partial charge in [0.05, 0.1) is 4.90 Å². The first-order chi connectivity index (χ1) is 18.1. The summed E-state index contributed by atoms with van der Waals surface area (Å²) in [5.74, 6) is -0.328. The quantitative estimate of drug-likeness (QED) is 0.478. The van der Waals surface area contributed by atoms with Gasteiger partial charge in [-0.2, -0.15) is 0 Å². The van der Waals surface area contributed by atoms with E-state index in [1.807, 2.05) is 32.0 Å². The topological polar surface area (TPSA) is 103 Å². The van der Waals surface area contributed by atoms with Crippen molar-refractivity contribution in [3.05, 3.63) is 64.6 Å². The molecule has 2 aliphatic heterocycles. The number of carbonyl (C=O) groups is 2. The first kappa shape index (κ1) is 26.5. The number of anilines is 3. The number of nitrogens with one attached hydrogen (secondary N) is 1. The molecule has 2 aliphatic rings. The number of benzene rings is 2. The molecule has 200 valence electrons. The Morgan fingerprint density at radius 2 is 1.87 bits per heavy atom. The fraction of sp³-hybridized carbons (Fsp3) is 0.346. The summed E-state index contributed by atoms with van der Waals surface area (Å²) < 4.78 is 27.7. The van der Waals surface area contributed by atoms with Crippen LogP contribution >= 0.6 is 22.9 Å². The molecule has 0 unspecified atom stereocenters. The predicted octanol–water partition coefficient (Wildman–Crippen LogP) is 4.00. The molecule has 0 saturated carbocycles. The van der Waals surface area contributed by atoms with Crippen LogP contribution in [0.5, 0.6) is 0 Å². The van der Waals surface area contributed by atoms with Crippen molar-refractivity contribution < 1.29 is 18.0 Å². The first-order valence-corrected chi connectivity index (χ1v) is 15.0. The number of carbonyl (C=O) groups excluding carboxylic acids is 2. The number of fused-ring (bicyclic) bond motifs is 1. The number of thiazole rings is 1. The number of rotatable bonds is 6. The summed E-state index contributed by atoms with van der Waals surface area (Å²) in [4.78, 5) is 36.1. The van der Waals surface area contributed by atoms with Gasteiger partial charge in [-0.15, -0.1) is 11.3 Å². The minimum atomic E-state index is -3.79. The molecular weight excluding hydrogens is 546 g/mol. The Hall–Kier alpha value is -3.15. The van der Waals surface area contributed by atoms with Crippen LogP contribution in [0.2, 0.25) is 5.02 Å². The van der Waals surface area contributed by atoms with Gasteiger partial charge in [-0.1, -0.05) is 11.6 Å². The van der Waals surface area contributed by atoms with E-state index in [1.165, 1.54) is 29.7 Å². The van der Waals surface area contributed by atoms with Crippen LogP contribution in [0.25, 0.3) is 0 Å². The molecule has 3 heterocycles. The van der Waals surface area contributed by atoms with Crippen LogP contribution in [0.1, 0.15) is 25.8 Å². The molecule has 1 saturated heterocycles. The highest BCUT2D eigenvalue weighted by Gasteiger charge is 2.41. The van der Waals surface area contributed by atoms with Gasteiger partial charge in [-0.05, 0) is 74.7 Å². The monoisotopic (exact) mass is 573 g/mol. The average molecular weight is 574 g/mol. The predicted molar refractivity (Wildman–Crippen MR) is 149 cm³/mol. The van der Waals surface area contributed by atoms with Crippen molar-refractivity contribution >= 4 is 61.3 Å². The molecule has 9 nitrogen and oxygen atoms in total. The minimum Gasteiger partial charge on any atom is -0.357 e. The second kappa shape index (κ2) is 10.2. The third kappa shape index (κ3) is 5.10. The number of hydrogen-bond donors (Lipinski definition) is 1. The number of nitrogens with zero attached hydrogens (tertiary/aromatic N) is 4. The molecule has 2 aromatic carbocycles. The normalized spacial score (nSPS) is 16.4. The van der Waals surface area contributed by atoms with E-state index in [0.717, 1.165) is 30.6 Å². The molecule has 3 aromatic rings. The molecule has 0 aliphatic carbocycles. The summed E-state index contributed by atoms with van der Waals surface area (Å²) in [6.45, 7) is 5.18. The molecule has 38 heavy (non-hydrogen) atoms. The number of piperazine rings is 1. The lowest BCUT2D eigenvalue weighted by molar-refractivity contribution is -0.140. The third-order valence-corrected chi connectivity index (χ3v) is 9.39. The molecule has 1 fully saturated rings. The number of aryl methyl sites for hydroxylation is 1. The van der Waals surface area contributed by atoms with Crippen molar-refractivity contribution in [2.24, 2.45) is 0 Å². The summed E-state index contributed by atoms with van der Waals surface area (Å²) in [5, 5.41) is 2.64. The van der Waals surface area contributed by atoms with Crippen LogP contribution in [0.3, 0.4) is 0 Å². The van der Waals surface area contributed by atoms with Crippen LogP contribution < -0.4 is 14.5 Å². The van der Waals surface area contributed by atoms with Crippen molar-refractivity contribution in [1.29, 1.82) is 0 Å². The maximum atomic E-state index is 13.7. The van der Waals surface area contributed by atoms with Gasteiger partial charge in [-0.3, -0.25) is 14.3 Å². The highest BCUT2D eigenvalue weighted by Crippen LogP contribution is 2.35. The van der Waals surface area contributed by atoms with Gasteiger partial charge in [0.1, 0.15) is 12.1 Å². The van der Waals surface area contributed by atoms with E-state index in [2.05, 4.69) is 14.6 Å². The minimum absolute atomic E-state index is 0.0464. The van der Waals surface area contributed by atoms with Crippen LogP contribution in [0, 0.1) is 0 Å². The molecule has 1 N–H and O–H groups in total. The van der Waals surface area contributed by atoms with Crippen LogP contribution in [0.4, 0.5) is 16.5 Å². The molecule has 0 spiro atoms. The Morgan fingerprint density at radius 1 is 1.11 bits per heavy atom. The van der Waals surface area contributed by atoms with Gasteiger partial charge in [0.2, 0.25) is 11.8 Å². The van der Waals surface area contributed by atoms with E-state index in [1.54, 1.807) is 27.3 Å². The molecular formula is C26H28ClN5O4S2. The summed E-state index contributed by atoms with van der Waals surface area (Å²) >= 11 is 7.38. The molecule has 5 rings (SSSR count). The Labute approximate surface area is 231 Å². The molecule has 1 aromatic heterocycles. The van der Waals surface area contributed by atoms with Gasteiger partial charge in [0.15, 0.2) is 5.13 Å². The summed E-state index contributed by atoms with van der Waals surface area (Å²) in [6, 6.07) is 11.9. The van der Waals surface area contributed by atoms with Crippen molar-refractivity contribution in [2.75, 3.05) is 40.7 Å². The Balaban J connectivity index is 1.27. The standard InChI is InChI=1S/C26H28ClN5O4S2/c1-26(2,32-12-3-4-18-16-19(27)5-10-22(18)32)24(34)30-13-14-31(23(33)17-30)20-6-8-21(9-7-20)38(35,36)29-25-28-11-15-37-25/h5-11,15-16H,3-4,12-14,17H2,1-2H3,(H,28,29). The summed E-state index contributed by atoms with van der Waals surface area (Å²) in [5.41, 5.74) is 1.86. The Bertz CT molecular complexity index is 1460. The zero-order valence-electron chi connectivity index (χ0n) is 21.1. The Morgan fingerprint density at radius 3 is 2.55 bits per heavy atom. The molecule has 2 amide bonds. The van der Waals surface area contributed by atoms with Crippen LogP contribution in [0.15, 0.2) is 58.9 Å². The second-order valence-corrected chi connectivity index (χ2v) is 12.8. The van der Waals surface area contributed by atoms with E-state index in [0.29, 0.717) is 23.8 Å². The van der Waals surface area contributed by atoms with E-state index in [9.17, 15) is 18.0 Å². The number of sulfonamides is 1. The number of amides is 2. The fourth-order valence-electron chi connectivity index (χ4n) is 5.02. The smallest absolute Gasteiger partial charge is 0.263 e. The van der Waals surface area contributed by atoms with Gasteiger partial charge in [0, 0.05) is 47.6 Å². The lowest BCUT2D eigenvalue weighted by atomic mass is 9.93. The summed E-state index contributed by atoms with van der Waals surface area (Å²) in [7, 11) is -3.79. The Kier molecular flexibility index (Phi) is 7.10. The third-order valence-electron chi connectivity index (χ3n) is 6.98. The zero-order valence-corrected chi connectivity index (χ0v) is 23.4. The van der Waals surface area contributed by atoms with Gasteiger partial charge in [0.25, 0.3) is 10.0 Å². The van der Waals surface area contributed by atoms with Gasteiger partial charge >= 0.3 is 0 Å². The SMILES string of the molecule is CC(C)(C(=O)N1CCN(c2ccc(S(=O)(=O)Nc3nccs3)cc2)C(=O)C1)N1CCCc2cc(Cl)ccc21. The molecule has 0 bridgehead atoms. The largest absolute Gasteiger partial charge is 0.357 e. The lowest BCUT2D eigenvalue weighted by Crippen LogP contribution is -2.62. The van der Waals surface area contributed by atoms with E-state index in [-0.39, 0.29) is 28.4 Å². The van der Waals surface area contributed by atoms with Gasteiger partial charge < -0.3 is 14.7 Å². The van der Waals surface area contributed by atoms with Crippen molar-refractivity contribution in [2.45, 2.75) is 37.1 Å². The molecule has 0 radical (unpaired) electrons. The average Bonchev–Trinajstić information content (AvgIpc) is 3.40. The maximum absolute atomic E-state index is 13.7.